The predicted molar refractivity (Wildman–Crippen MR) is 59.6 cm³/mol. The maximum absolute atomic E-state index is 11.7. The smallest absolute Gasteiger partial charge is 0.410 e. The number of ether oxygens (including phenoxy) is 1. The standard InChI is InChI=1S/C11H22N2O2/c1-8-7-13(6-5-9(8)12)10(14)15-11(2,3)4/h8-9H,5-7,12H2,1-4H3/t8-,9?/m0/s1. The molecule has 0 saturated carbocycles. The van der Waals surface area contributed by atoms with E-state index in [1.165, 1.54) is 0 Å². The second-order valence-corrected chi connectivity index (χ2v) is 5.36. The van der Waals surface area contributed by atoms with Crippen molar-refractivity contribution in [3.05, 3.63) is 0 Å². The molecule has 4 nitrogen and oxygen atoms in total. The first kappa shape index (κ1) is 12.3. The molecule has 0 aliphatic carbocycles. The first-order chi connectivity index (χ1) is 6.79. The molecule has 1 amide bonds. The number of hydrogen-bond donors (Lipinski definition) is 1. The maximum Gasteiger partial charge on any atom is 0.410 e. The van der Waals surface area contributed by atoms with Crippen molar-refractivity contribution in [3.8, 4) is 0 Å². The summed E-state index contributed by atoms with van der Waals surface area (Å²) in [6.45, 7) is 9.12. The summed E-state index contributed by atoms with van der Waals surface area (Å²) in [7, 11) is 0. The fourth-order valence-electron chi connectivity index (χ4n) is 1.66. The molecule has 1 unspecified atom stereocenters. The number of amides is 1. The molecule has 2 N–H and O–H groups in total. The Morgan fingerprint density at radius 2 is 2.07 bits per heavy atom. The minimum atomic E-state index is -0.417. The van der Waals surface area contributed by atoms with Gasteiger partial charge in [-0.15, -0.1) is 0 Å². The van der Waals surface area contributed by atoms with Crippen molar-refractivity contribution in [1.82, 2.24) is 4.90 Å². The highest BCUT2D eigenvalue weighted by molar-refractivity contribution is 5.68. The SMILES string of the molecule is C[C@H]1CN(C(=O)OC(C)(C)C)CCC1N. The predicted octanol–water partition coefficient (Wildman–Crippen LogP) is 1.59. The molecule has 1 saturated heterocycles. The van der Waals surface area contributed by atoms with Crippen molar-refractivity contribution in [2.24, 2.45) is 11.7 Å². The summed E-state index contributed by atoms with van der Waals surface area (Å²) in [5, 5.41) is 0. The highest BCUT2D eigenvalue weighted by Gasteiger charge is 2.29. The zero-order valence-corrected chi connectivity index (χ0v) is 10.1. The molecule has 88 valence electrons. The highest BCUT2D eigenvalue weighted by atomic mass is 16.6. The third kappa shape index (κ3) is 3.70. The Kier molecular flexibility index (Phi) is 3.60. The highest BCUT2D eigenvalue weighted by Crippen LogP contribution is 2.17. The van der Waals surface area contributed by atoms with Crippen molar-refractivity contribution in [1.29, 1.82) is 0 Å². The molecule has 0 aromatic rings. The van der Waals surface area contributed by atoms with Crippen LogP contribution in [0.4, 0.5) is 4.79 Å². The quantitative estimate of drug-likeness (QED) is 0.666. The molecule has 1 heterocycles. The summed E-state index contributed by atoms with van der Waals surface area (Å²) in [4.78, 5) is 13.5. The van der Waals surface area contributed by atoms with Crippen molar-refractivity contribution < 1.29 is 9.53 Å². The lowest BCUT2D eigenvalue weighted by Crippen LogP contribution is -2.49. The molecular weight excluding hydrogens is 192 g/mol. The zero-order chi connectivity index (χ0) is 11.6. The van der Waals surface area contributed by atoms with Gasteiger partial charge in [0, 0.05) is 19.1 Å². The number of carbonyl (C=O) groups is 1. The number of nitrogens with two attached hydrogens (primary N) is 1. The second-order valence-electron chi connectivity index (χ2n) is 5.36. The van der Waals surface area contributed by atoms with Crippen LogP contribution < -0.4 is 5.73 Å². The van der Waals surface area contributed by atoms with Gasteiger partial charge in [-0.1, -0.05) is 6.92 Å². The Bertz CT molecular complexity index is 235. The van der Waals surface area contributed by atoms with E-state index >= 15 is 0 Å². The summed E-state index contributed by atoms with van der Waals surface area (Å²) in [6, 6.07) is 0.212. The Hall–Kier alpha value is -0.770. The number of hydrogen-bond acceptors (Lipinski definition) is 3. The molecule has 0 radical (unpaired) electrons. The average Bonchev–Trinajstić information content (AvgIpc) is 2.06. The van der Waals surface area contributed by atoms with Crippen LogP contribution in [0.15, 0.2) is 0 Å². The van der Waals surface area contributed by atoms with Gasteiger partial charge in [0.2, 0.25) is 0 Å². The van der Waals surface area contributed by atoms with Crippen LogP contribution >= 0.6 is 0 Å². The molecule has 1 aliphatic rings. The number of piperidine rings is 1. The van der Waals surface area contributed by atoms with Gasteiger partial charge in [-0.25, -0.2) is 4.79 Å². The summed E-state index contributed by atoms with van der Waals surface area (Å²) in [5.41, 5.74) is 5.47. The Labute approximate surface area is 91.8 Å². The van der Waals surface area contributed by atoms with Gasteiger partial charge in [0.1, 0.15) is 5.60 Å². The van der Waals surface area contributed by atoms with Gasteiger partial charge < -0.3 is 15.4 Å². The van der Waals surface area contributed by atoms with Crippen molar-refractivity contribution in [2.75, 3.05) is 13.1 Å². The monoisotopic (exact) mass is 214 g/mol. The molecule has 4 heteroatoms. The van der Waals surface area contributed by atoms with E-state index in [0.717, 1.165) is 6.42 Å². The van der Waals surface area contributed by atoms with Crippen LogP contribution in [0.1, 0.15) is 34.1 Å². The van der Waals surface area contributed by atoms with Crippen molar-refractivity contribution in [2.45, 2.75) is 45.8 Å². The largest absolute Gasteiger partial charge is 0.444 e. The fraction of sp³-hybridized carbons (Fsp3) is 0.909. The third-order valence-electron chi connectivity index (χ3n) is 2.62. The van der Waals surface area contributed by atoms with E-state index in [4.69, 9.17) is 10.5 Å². The first-order valence-corrected chi connectivity index (χ1v) is 5.53. The Morgan fingerprint density at radius 1 is 1.47 bits per heavy atom. The van der Waals surface area contributed by atoms with Gasteiger partial charge in [0.05, 0.1) is 0 Å². The van der Waals surface area contributed by atoms with Crippen LogP contribution in [0.2, 0.25) is 0 Å². The number of nitrogens with zero attached hydrogens (tertiary/aromatic N) is 1. The van der Waals surface area contributed by atoms with Crippen LogP contribution in [0.5, 0.6) is 0 Å². The van der Waals surface area contributed by atoms with E-state index in [2.05, 4.69) is 6.92 Å². The number of carbonyl (C=O) groups excluding carboxylic acids is 1. The lowest BCUT2D eigenvalue weighted by atomic mass is 9.95. The third-order valence-corrected chi connectivity index (χ3v) is 2.62. The van der Waals surface area contributed by atoms with Crippen LogP contribution in [-0.2, 0) is 4.74 Å². The average molecular weight is 214 g/mol. The maximum atomic E-state index is 11.7. The van der Waals surface area contributed by atoms with Crippen LogP contribution in [-0.4, -0.2) is 35.7 Å². The van der Waals surface area contributed by atoms with Crippen molar-refractivity contribution >= 4 is 6.09 Å². The fourth-order valence-corrected chi connectivity index (χ4v) is 1.66. The molecule has 1 rings (SSSR count). The van der Waals surface area contributed by atoms with Gasteiger partial charge in [0.15, 0.2) is 0 Å². The topological polar surface area (TPSA) is 55.6 Å². The van der Waals surface area contributed by atoms with E-state index in [0.29, 0.717) is 19.0 Å². The van der Waals surface area contributed by atoms with Gasteiger partial charge >= 0.3 is 6.09 Å². The van der Waals surface area contributed by atoms with E-state index in [-0.39, 0.29) is 12.1 Å². The first-order valence-electron chi connectivity index (χ1n) is 5.53. The molecular formula is C11H22N2O2. The van der Waals surface area contributed by atoms with Gasteiger partial charge in [-0.2, -0.15) is 0 Å². The second kappa shape index (κ2) is 4.39. The van der Waals surface area contributed by atoms with E-state index in [9.17, 15) is 4.79 Å². The molecule has 1 aliphatic heterocycles. The summed E-state index contributed by atoms with van der Waals surface area (Å²) in [5.74, 6) is 0.353. The van der Waals surface area contributed by atoms with Crippen LogP contribution in [0, 0.1) is 5.92 Å². The molecule has 0 aromatic heterocycles. The molecule has 0 spiro atoms. The molecule has 0 bridgehead atoms. The lowest BCUT2D eigenvalue weighted by molar-refractivity contribution is 0.0158. The molecule has 15 heavy (non-hydrogen) atoms. The minimum Gasteiger partial charge on any atom is -0.444 e. The molecule has 2 atom stereocenters. The Balaban J connectivity index is 2.48. The van der Waals surface area contributed by atoms with Gasteiger partial charge in [0.25, 0.3) is 0 Å². The molecule has 0 aromatic carbocycles. The minimum absolute atomic E-state index is 0.212. The van der Waals surface area contributed by atoms with E-state index in [1.54, 1.807) is 4.90 Å². The summed E-state index contributed by atoms with van der Waals surface area (Å²) < 4.78 is 5.31. The van der Waals surface area contributed by atoms with Gasteiger partial charge in [-0.3, -0.25) is 0 Å². The van der Waals surface area contributed by atoms with Crippen molar-refractivity contribution in [3.63, 3.8) is 0 Å². The Morgan fingerprint density at radius 3 is 2.53 bits per heavy atom. The number of rotatable bonds is 0. The zero-order valence-electron chi connectivity index (χ0n) is 10.1. The van der Waals surface area contributed by atoms with Crippen LogP contribution in [0.25, 0.3) is 0 Å². The van der Waals surface area contributed by atoms with Gasteiger partial charge in [-0.05, 0) is 33.1 Å². The summed E-state index contributed by atoms with van der Waals surface area (Å²) >= 11 is 0. The lowest BCUT2D eigenvalue weighted by Gasteiger charge is -2.35. The molecule has 1 fully saturated rings. The normalized spacial score (nSPS) is 27.7. The van der Waals surface area contributed by atoms with E-state index < -0.39 is 5.60 Å². The van der Waals surface area contributed by atoms with Crippen LogP contribution in [0.3, 0.4) is 0 Å². The summed E-state index contributed by atoms with van der Waals surface area (Å²) in [6.07, 6.45) is 0.640. The van der Waals surface area contributed by atoms with E-state index in [1.807, 2.05) is 20.8 Å². The number of likely N-dealkylation sites (tertiary alicyclic amines) is 1.